The van der Waals surface area contributed by atoms with Crippen LogP contribution in [-0.4, -0.2) is 37.4 Å². The monoisotopic (exact) mass is 520 g/mol. The topological polar surface area (TPSA) is 115 Å². The number of rotatable bonds is 8. The third-order valence-electron chi connectivity index (χ3n) is 6.17. The highest BCUT2D eigenvalue weighted by Crippen LogP contribution is 2.33. The second-order valence-electron chi connectivity index (χ2n) is 8.62. The summed E-state index contributed by atoms with van der Waals surface area (Å²) >= 11 is 0. The number of hydrogen-bond acceptors (Lipinski definition) is 7. The largest absolute Gasteiger partial charge is 0.497 e. The molecule has 0 aliphatic carbocycles. The number of hydrogen-bond donors (Lipinski definition) is 1. The van der Waals surface area contributed by atoms with E-state index in [0.717, 1.165) is 0 Å². The number of sulfonamides is 1. The Kier molecular flexibility index (Phi) is 6.45. The summed E-state index contributed by atoms with van der Waals surface area (Å²) in [4.78, 5) is 27.4. The van der Waals surface area contributed by atoms with Gasteiger partial charge in [-0.3, -0.25) is 9.59 Å². The van der Waals surface area contributed by atoms with Crippen molar-refractivity contribution in [2.75, 3.05) is 13.9 Å². The molecule has 0 radical (unpaired) electrons. The maximum Gasteiger partial charge on any atom is 0.252 e. The van der Waals surface area contributed by atoms with Gasteiger partial charge in [0, 0.05) is 35.1 Å². The molecule has 190 valence electrons. The van der Waals surface area contributed by atoms with Crippen molar-refractivity contribution in [3.05, 3.63) is 93.8 Å². The van der Waals surface area contributed by atoms with E-state index in [-0.39, 0.29) is 36.1 Å². The van der Waals surface area contributed by atoms with Crippen molar-refractivity contribution in [3.63, 3.8) is 0 Å². The Morgan fingerprint density at radius 3 is 2.46 bits per heavy atom. The van der Waals surface area contributed by atoms with Crippen LogP contribution in [0.4, 0.5) is 0 Å². The van der Waals surface area contributed by atoms with Crippen molar-refractivity contribution in [1.29, 1.82) is 0 Å². The van der Waals surface area contributed by atoms with E-state index in [0.29, 0.717) is 39.3 Å². The van der Waals surface area contributed by atoms with Crippen molar-refractivity contribution in [3.8, 4) is 17.2 Å². The fourth-order valence-electron chi connectivity index (χ4n) is 4.14. The molecular weight excluding hydrogens is 496 g/mol. The Morgan fingerprint density at radius 1 is 0.973 bits per heavy atom. The molecule has 5 rings (SSSR count). The van der Waals surface area contributed by atoms with E-state index in [4.69, 9.17) is 14.2 Å². The van der Waals surface area contributed by atoms with Crippen molar-refractivity contribution < 1.29 is 27.4 Å². The first kappa shape index (κ1) is 24.5. The average Bonchev–Trinajstić information content (AvgIpc) is 3.36. The highest BCUT2D eigenvalue weighted by molar-refractivity contribution is 7.89. The number of nitrogens with zero attached hydrogens (tertiary/aromatic N) is 1. The number of H-pyrrole nitrogens is 1. The highest BCUT2D eigenvalue weighted by atomic mass is 32.2. The third-order valence-corrected chi connectivity index (χ3v) is 7.98. The zero-order valence-corrected chi connectivity index (χ0v) is 21.0. The predicted molar refractivity (Wildman–Crippen MR) is 137 cm³/mol. The molecule has 3 aromatic carbocycles. The molecule has 0 saturated heterocycles. The van der Waals surface area contributed by atoms with E-state index in [9.17, 15) is 18.0 Å². The van der Waals surface area contributed by atoms with Crippen LogP contribution >= 0.6 is 0 Å². The molecule has 4 aromatic rings. The molecule has 0 atom stereocenters. The van der Waals surface area contributed by atoms with Crippen LogP contribution < -0.4 is 19.8 Å². The number of fused-ring (bicyclic) bond motifs is 2. The molecule has 0 amide bonds. The molecule has 0 fully saturated rings. The van der Waals surface area contributed by atoms with Gasteiger partial charge in [0.15, 0.2) is 17.3 Å². The molecule has 1 aliphatic rings. The summed E-state index contributed by atoms with van der Waals surface area (Å²) in [6.07, 6.45) is 0. The summed E-state index contributed by atoms with van der Waals surface area (Å²) in [5.41, 5.74) is 1.55. The summed E-state index contributed by atoms with van der Waals surface area (Å²) in [7, 11) is -2.52. The van der Waals surface area contributed by atoms with Gasteiger partial charge in [-0.2, -0.15) is 4.31 Å². The van der Waals surface area contributed by atoms with Crippen LogP contribution in [0.2, 0.25) is 0 Å². The number of benzene rings is 3. The summed E-state index contributed by atoms with van der Waals surface area (Å²) < 4.78 is 44.9. The molecule has 0 bridgehead atoms. The second-order valence-corrected chi connectivity index (χ2v) is 10.6. The van der Waals surface area contributed by atoms with Gasteiger partial charge in [0.2, 0.25) is 16.8 Å². The lowest BCUT2D eigenvalue weighted by Crippen LogP contribution is -2.32. The molecule has 0 saturated carbocycles. The van der Waals surface area contributed by atoms with Crippen LogP contribution in [0.25, 0.3) is 10.9 Å². The first-order valence-corrected chi connectivity index (χ1v) is 12.9. The summed E-state index contributed by atoms with van der Waals surface area (Å²) in [6, 6.07) is 17.8. The predicted octanol–water partition coefficient (Wildman–Crippen LogP) is 3.86. The lowest BCUT2D eigenvalue weighted by atomic mass is 10.1. The van der Waals surface area contributed by atoms with Crippen molar-refractivity contribution in [2.45, 2.75) is 24.9 Å². The van der Waals surface area contributed by atoms with Crippen molar-refractivity contribution in [2.24, 2.45) is 0 Å². The van der Waals surface area contributed by atoms with Crippen LogP contribution in [0, 0.1) is 0 Å². The summed E-state index contributed by atoms with van der Waals surface area (Å²) in [5, 5.41) is 0.709. The summed E-state index contributed by atoms with van der Waals surface area (Å²) in [5.74, 6) is 1.55. The highest BCUT2D eigenvalue weighted by Gasteiger charge is 2.27. The van der Waals surface area contributed by atoms with Gasteiger partial charge in [0.05, 0.1) is 12.0 Å². The van der Waals surface area contributed by atoms with Crippen molar-refractivity contribution >= 4 is 26.7 Å². The zero-order chi connectivity index (χ0) is 26.2. The Labute approximate surface area is 213 Å². The number of methoxy groups -OCH3 is 1. The molecule has 10 heteroatoms. The van der Waals surface area contributed by atoms with Gasteiger partial charge in [-0.25, -0.2) is 8.42 Å². The Balaban J connectivity index is 1.56. The van der Waals surface area contributed by atoms with E-state index >= 15 is 0 Å². The molecule has 1 aromatic heterocycles. The number of aromatic amines is 1. The van der Waals surface area contributed by atoms with E-state index in [1.165, 1.54) is 35.5 Å². The smallest absolute Gasteiger partial charge is 0.252 e. The molecule has 2 heterocycles. The maximum absolute atomic E-state index is 13.8. The minimum absolute atomic E-state index is 0.0112. The fraction of sp³-hybridized carbons (Fsp3) is 0.185. The zero-order valence-electron chi connectivity index (χ0n) is 20.2. The van der Waals surface area contributed by atoms with Gasteiger partial charge in [-0.15, -0.1) is 0 Å². The van der Waals surface area contributed by atoms with Crippen LogP contribution in [0.3, 0.4) is 0 Å². The number of aromatic nitrogens is 1. The van der Waals surface area contributed by atoms with Gasteiger partial charge < -0.3 is 19.2 Å². The number of nitrogens with one attached hydrogen (secondary N) is 1. The van der Waals surface area contributed by atoms with Gasteiger partial charge in [-0.05, 0) is 61.0 Å². The molecule has 9 nitrogen and oxygen atoms in total. The normalized spacial score (nSPS) is 12.7. The number of carbonyl (C=O) groups excluding carboxylic acids is 1. The maximum atomic E-state index is 13.8. The number of pyridine rings is 1. The minimum atomic E-state index is -4.06. The van der Waals surface area contributed by atoms with Gasteiger partial charge >= 0.3 is 0 Å². The molecule has 0 spiro atoms. The Morgan fingerprint density at radius 2 is 1.73 bits per heavy atom. The third kappa shape index (κ3) is 4.93. The Hall–Kier alpha value is -4.15. The number of ketones is 1. The average molecular weight is 521 g/mol. The second kappa shape index (κ2) is 9.72. The van der Waals surface area contributed by atoms with E-state index < -0.39 is 15.6 Å². The van der Waals surface area contributed by atoms with Crippen molar-refractivity contribution in [1.82, 2.24) is 9.29 Å². The lowest BCUT2D eigenvalue weighted by Gasteiger charge is -2.23. The van der Waals surface area contributed by atoms with Crippen LogP contribution in [0.15, 0.2) is 76.4 Å². The van der Waals surface area contributed by atoms with Crippen LogP contribution in [0.5, 0.6) is 17.2 Å². The first-order valence-electron chi connectivity index (χ1n) is 11.4. The molecule has 1 N–H and O–H groups in total. The standard InChI is InChI=1S/C27H24N2O7S/c1-17(30)19-4-7-23(8-5-19)37(32,33)29(14-18-3-10-25-26(11-18)36-16-35-25)15-21-12-20-13-22(34-2)6-9-24(20)28-27(21)31/h3-13H,14-16H2,1-2H3,(H,28,31). The first-order chi connectivity index (χ1) is 17.7. The minimum Gasteiger partial charge on any atom is -0.497 e. The Bertz CT molecular complexity index is 1660. The molecule has 37 heavy (non-hydrogen) atoms. The molecular formula is C27H24N2O7S. The molecule has 1 aliphatic heterocycles. The van der Waals surface area contributed by atoms with Crippen LogP contribution in [-0.2, 0) is 23.1 Å². The number of ether oxygens (including phenoxy) is 3. The number of carbonyl (C=O) groups is 1. The SMILES string of the molecule is COc1ccc2[nH]c(=O)c(CN(Cc3ccc4c(c3)OCO4)S(=O)(=O)c3ccc(C(C)=O)cc3)cc2c1. The lowest BCUT2D eigenvalue weighted by molar-refractivity contribution is 0.101. The molecule has 0 unspecified atom stereocenters. The number of Topliss-reactive ketones (excluding diaryl/α,β-unsaturated/α-hetero) is 1. The quantitative estimate of drug-likeness (QED) is 0.351. The summed E-state index contributed by atoms with van der Waals surface area (Å²) in [6.45, 7) is 1.30. The van der Waals surface area contributed by atoms with Gasteiger partial charge in [0.25, 0.3) is 5.56 Å². The van der Waals surface area contributed by atoms with Gasteiger partial charge in [-0.1, -0.05) is 18.2 Å². The van der Waals surface area contributed by atoms with Gasteiger partial charge in [0.1, 0.15) is 5.75 Å². The van der Waals surface area contributed by atoms with Crippen LogP contribution in [0.1, 0.15) is 28.4 Å². The van der Waals surface area contributed by atoms with E-state index in [2.05, 4.69) is 4.98 Å². The van der Waals surface area contributed by atoms with E-state index in [1.54, 1.807) is 49.6 Å². The van der Waals surface area contributed by atoms with E-state index in [1.807, 2.05) is 0 Å². The fourth-order valence-corrected chi connectivity index (χ4v) is 5.55.